The minimum atomic E-state index is -0.819. The molecule has 0 aliphatic carbocycles. The average Bonchev–Trinajstić information content (AvgIpc) is 2.34. The summed E-state index contributed by atoms with van der Waals surface area (Å²) in [6.07, 6.45) is 0.156. The Labute approximate surface area is 119 Å². The molecular weight excluding hydrogens is 258 g/mol. The third-order valence-corrected chi connectivity index (χ3v) is 2.62. The highest BCUT2D eigenvalue weighted by atomic mass is 16.6. The second kappa shape index (κ2) is 6.41. The SMILES string of the molecule is CN(C(=O)OC(C)(C)C)c1ccc(CCC(=O)O)cc1. The standard InChI is InChI=1S/C15H21NO4/c1-15(2,3)20-14(19)16(4)12-8-5-11(6-9-12)7-10-13(17)18/h5-6,8-9H,7,10H2,1-4H3,(H,17,18). The summed E-state index contributed by atoms with van der Waals surface area (Å²) in [5.41, 5.74) is 1.10. The minimum absolute atomic E-state index is 0.0985. The van der Waals surface area contributed by atoms with Gasteiger partial charge in [-0.1, -0.05) is 12.1 Å². The van der Waals surface area contributed by atoms with E-state index < -0.39 is 17.7 Å². The van der Waals surface area contributed by atoms with Crippen molar-refractivity contribution in [3.63, 3.8) is 0 Å². The van der Waals surface area contributed by atoms with E-state index >= 15 is 0 Å². The van der Waals surface area contributed by atoms with Crippen molar-refractivity contribution in [2.24, 2.45) is 0 Å². The molecule has 0 atom stereocenters. The van der Waals surface area contributed by atoms with E-state index in [1.807, 2.05) is 32.9 Å². The normalized spacial score (nSPS) is 11.0. The van der Waals surface area contributed by atoms with Gasteiger partial charge in [0.1, 0.15) is 5.60 Å². The highest BCUT2D eigenvalue weighted by Gasteiger charge is 2.20. The summed E-state index contributed by atoms with van der Waals surface area (Å²) in [6, 6.07) is 7.19. The van der Waals surface area contributed by atoms with Gasteiger partial charge < -0.3 is 9.84 Å². The number of aryl methyl sites for hydroxylation is 1. The fraction of sp³-hybridized carbons (Fsp3) is 0.467. The molecule has 0 unspecified atom stereocenters. The Kier molecular flexibility index (Phi) is 5.13. The number of carbonyl (C=O) groups excluding carboxylic acids is 1. The molecule has 1 amide bonds. The van der Waals surface area contributed by atoms with E-state index in [-0.39, 0.29) is 6.42 Å². The first-order chi connectivity index (χ1) is 9.19. The van der Waals surface area contributed by atoms with Crippen LogP contribution in [0.5, 0.6) is 0 Å². The summed E-state index contributed by atoms with van der Waals surface area (Å²) in [7, 11) is 1.64. The number of amides is 1. The maximum atomic E-state index is 11.9. The van der Waals surface area contributed by atoms with Crippen molar-refractivity contribution in [3.8, 4) is 0 Å². The van der Waals surface area contributed by atoms with Crippen molar-refractivity contribution >= 4 is 17.7 Å². The van der Waals surface area contributed by atoms with Crippen LogP contribution in [0.4, 0.5) is 10.5 Å². The molecule has 0 saturated heterocycles. The van der Waals surface area contributed by atoms with E-state index in [0.717, 1.165) is 5.56 Å². The molecule has 5 nitrogen and oxygen atoms in total. The molecule has 5 heteroatoms. The predicted molar refractivity (Wildman–Crippen MR) is 77.0 cm³/mol. The van der Waals surface area contributed by atoms with Crippen molar-refractivity contribution in [2.75, 3.05) is 11.9 Å². The minimum Gasteiger partial charge on any atom is -0.481 e. The topological polar surface area (TPSA) is 66.8 Å². The van der Waals surface area contributed by atoms with Crippen molar-refractivity contribution in [3.05, 3.63) is 29.8 Å². The van der Waals surface area contributed by atoms with Gasteiger partial charge in [0.05, 0.1) is 0 Å². The van der Waals surface area contributed by atoms with Gasteiger partial charge in [0, 0.05) is 19.2 Å². The van der Waals surface area contributed by atoms with Crippen LogP contribution < -0.4 is 4.90 Å². The van der Waals surface area contributed by atoms with E-state index in [2.05, 4.69) is 0 Å². The predicted octanol–water partition coefficient (Wildman–Crippen LogP) is 3.08. The van der Waals surface area contributed by atoms with E-state index in [4.69, 9.17) is 9.84 Å². The first-order valence-electron chi connectivity index (χ1n) is 6.46. The van der Waals surface area contributed by atoms with Gasteiger partial charge in [-0.2, -0.15) is 0 Å². The Morgan fingerprint density at radius 3 is 2.20 bits per heavy atom. The lowest BCUT2D eigenvalue weighted by molar-refractivity contribution is -0.136. The number of hydrogen-bond acceptors (Lipinski definition) is 3. The van der Waals surface area contributed by atoms with Gasteiger partial charge in [0.15, 0.2) is 0 Å². The molecule has 0 radical (unpaired) electrons. The Balaban J connectivity index is 2.68. The lowest BCUT2D eigenvalue weighted by atomic mass is 10.1. The van der Waals surface area contributed by atoms with E-state index in [9.17, 15) is 9.59 Å². The Hall–Kier alpha value is -2.04. The van der Waals surface area contributed by atoms with Gasteiger partial charge in [-0.15, -0.1) is 0 Å². The third-order valence-electron chi connectivity index (χ3n) is 2.62. The van der Waals surface area contributed by atoms with Crippen LogP contribution in [0, 0.1) is 0 Å². The van der Waals surface area contributed by atoms with Gasteiger partial charge >= 0.3 is 12.1 Å². The molecule has 20 heavy (non-hydrogen) atoms. The number of carboxylic acids is 1. The zero-order valence-corrected chi connectivity index (χ0v) is 12.3. The maximum Gasteiger partial charge on any atom is 0.414 e. The van der Waals surface area contributed by atoms with Crippen molar-refractivity contribution in [1.82, 2.24) is 0 Å². The van der Waals surface area contributed by atoms with Crippen molar-refractivity contribution in [1.29, 1.82) is 0 Å². The van der Waals surface area contributed by atoms with Crippen LogP contribution in [-0.4, -0.2) is 29.8 Å². The molecule has 0 saturated carbocycles. The summed E-state index contributed by atoms with van der Waals surface area (Å²) in [5, 5.41) is 8.63. The zero-order valence-electron chi connectivity index (χ0n) is 12.3. The molecule has 0 aromatic heterocycles. The lowest BCUT2D eigenvalue weighted by Crippen LogP contribution is -2.34. The number of ether oxygens (including phenoxy) is 1. The second-order valence-corrected chi connectivity index (χ2v) is 5.60. The Bertz CT molecular complexity index is 474. The third kappa shape index (κ3) is 5.30. The summed E-state index contributed by atoms with van der Waals surface area (Å²) in [4.78, 5) is 23.8. The van der Waals surface area contributed by atoms with E-state index in [0.29, 0.717) is 12.1 Å². The first kappa shape index (κ1) is 16.0. The fourth-order valence-electron chi connectivity index (χ4n) is 1.57. The molecule has 0 fully saturated rings. The molecule has 0 heterocycles. The second-order valence-electron chi connectivity index (χ2n) is 5.60. The number of carbonyl (C=O) groups is 2. The fourth-order valence-corrected chi connectivity index (χ4v) is 1.57. The number of benzene rings is 1. The van der Waals surface area contributed by atoms with Crippen LogP contribution >= 0.6 is 0 Å². The van der Waals surface area contributed by atoms with Crippen LogP contribution in [0.15, 0.2) is 24.3 Å². The van der Waals surface area contributed by atoms with Crippen LogP contribution in [0.25, 0.3) is 0 Å². The number of hydrogen-bond donors (Lipinski definition) is 1. The van der Waals surface area contributed by atoms with Gasteiger partial charge in [-0.05, 0) is 44.9 Å². The molecule has 1 N–H and O–H groups in total. The summed E-state index contributed by atoms with van der Waals surface area (Å²) in [6.45, 7) is 5.44. The molecule has 1 aromatic rings. The largest absolute Gasteiger partial charge is 0.481 e. The van der Waals surface area contributed by atoms with Gasteiger partial charge in [-0.25, -0.2) is 4.79 Å². The molecule has 0 aliphatic rings. The number of carboxylic acid groups (broad SMARTS) is 1. The highest BCUT2D eigenvalue weighted by molar-refractivity contribution is 5.87. The molecule has 0 spiro atoms. The molecule has 0 bridgehead atoms. The number of anilines is 1. The Morgan fingerprint density at radius 2 is 1.75 bits per heavy atom. The van der Waals surface area contributed by atoms with Gasteiger partial charge in [-0.3, -0.25) is 9.69 Å². The zero-order chi connectivity index (χ0) is 15.3. The smallest absolute Gasteiger partial charge is 0.414 e. The Morgan fingerprint density at radius 1 is 1.20 bits per heavy atom. The monoisotopic (exact) mass is 279 g/mol. The van der Waals surface area contributed by atoms with Crippen LogP contribution in [0.2, 0.25) is 0 Å². The van der Waals surface area contributed by atoms with Crippen molar-refractivity contribution in [2.45, 2.75) is 39.2 Å². The molecular formula is C15H21NO4. The quantitative estimate of drug-likeness (QED) is 0.919. The average molecular weight is 279 g/mol. The van der Waals surface area contributed by atoms with Crippen LogP contribution in [0.1, 0.15) is 32.8 Å². The first-order valence-corrected chi connectivity index (χ1v) is 6.46. The molecule has 1 aromatic carbocycles. The molecule has 0 aliphatic heterocycles. The van der Waals surface area contributed by atoms with Gasteiger partial charge in [0.25, 0.3) is 0 Å². The number of rotatable bonds is 4. The van der Waals surface area contributed by atoms with Gasteiger partial charge in [0.2, 0.25) is 0 Å². The van der Waals surface area contributed by atoms with Crippen LogP contribution in [0.3, 0.4) is 0 Å². The van der Waals surface area contributed by atoms with E-state index in [1.165, 1.54) is 4.90 Å². The summed E-state index contributed by atoms with van der Waals surface area (Å²) < 4.78 is 5.27. The van der Waals surface area contributed by atoms with Crippen molar-refractivity contribution < 1.29 is 19.4 Å². The van der Waals surface area contributed by atoms with E-state index in [1.54, 1.807) is 19.2 Å². The molecule has 110 valence electrons. The van der Waals surface area contributed by atoms with Crippen LogP contribution in [-0.2, 0) is 16.0 Å². The maximum absolute atomic E-state index is 11.9. The highest BCUT2D eigenvalue weighted by Crippen LogP contribution is 2.18. The summed E-state index contributed by atoms with van der Waals surface area (Å²) >= 11 is 0. The summed E-state index contributed by atoms with van der Waals surface area (Å²) in [5.74, 6) is -0.819. The number of nitrogens with zero attached hydrogens (tertiary/aromatic N) is 1. The number of aliphatic carboxylic acids is 1. The molecule has 1 rings (SSSR count). The lowest BCUT2D eigenvalue weighted by Gasteiger charge is -2.24.